The number of benzene rings is 6. The third-order valence-corrected chi connectivity index (χ3v) is 10.2. The molecule has 0 aliphatic heterocycles. The van der Waals surface area contributed by atoms with Crippen LogP contribution in [-0.4, -0.2) is 12.1 Å². The summed E-state index contributed by atoms with van der Waals surface area (Å²) in [5, 5.41) is 8.84. The summed E-state index contributed by atoms with van der Waals surface area (Å²) in [6.07, 6.45) is 1.98. The number of hydrogen-bond donors (Lipinski definition) is 2. The Balaban J connectivity index is 1.55. The van der Waals surface area contributed by atoms with Gasteiger partial charge in [-0.2, -0.15) is 0 Å². The van der Waals surface area contributed by atoms with Crippen LogP contribution >= 0.6 is 11.6 Å². The number of aryl methyl sites for hydroxylation is 3. The lowest BCUT2D eigenvalue weighted by molar-refractivity contribution is 0.672. The molecule has 0 aliphatic carbocycles. The number of hydrogen-bond acceptors (Lipinski definition) is 2. The zero-order valence-corrected chi connectivity index (χ0v) is 30.7. The minimum absolute atomic E-state index is 0.0319. The standard InChI is InChI=1S/C47H49ClN2/c1-6-35-28-32(3)29-36(7-2)46(35)49-33(4)34(5)50-47-42(44(37-20-12-8-13-21-37)38-22-14-9-15-23-38)30-41(48)31-43(47)45(39-24-16-10-17-25-39)40-26-18-11-19-27-40/h8-31,33-34,44-45,49-50H,6-7H2,1-5H3. The molecule has 2 unspecified atom stereocenters. The van der Waals surface area contributed by atoms with Gasteiger partial charge in [-0.1, -0.05) is 164 Å². The monoisotopic (exact) mass is 676 g/mol. The molecule has 0 amide bonds. The maximum Gasteiger partial charge on any atom is 0.0432 e. The van der Waals surface area contributed by atoms with E-state index in [0.29, 0.717) is 0 Å². The Labute approximate surface area is 304 Å². The molecule has 0 fully saturated rings. The predicted molar refractivity (Wildman–Crippen MR) is 215 cm³/mol. The highest BCUT2D eigenvalue weighted by atomic mass is 35.5. The molecular formula is C47H49ClN2. The van der Waals surface area contributed by atoms with Crippen LogP contribution in [0.3, 0.4) is 0 Å². The van der Waals surface area contributed by atoms with Crippen molar-refractivity contribution in [2.45, 2.75) is 71.4 Å². The van der Waals surface area contributed by atoms with Gasteiger partial charge in [0.25, 0.3) is 0 Å². The van der Waals surface area contributed by atoms with Gasteiger partial charge >= 0.3 is 0 Å². The Hall–Kier alpha value is -4.79. The van der Waals surface area contributed by atoms with Gasteiger partial charge in [0.2, 0.25) is 0 Å². The summed E-state index contributed by atoms with van der Waals surface area (Å²) in [5.74, 6) is -0.0639. The van der Waals surface area contributed by atoms with Gasteiger partial charge in [-0.25, -0.2) is 0 Å². The first-order valence-corrected chi connectivity index (χ1v) is 18.4. The lowest BCUT2D eigenvalue weighted by atomic mass is 9.78. The van der Waals surface area contributed by atoms with E-state index in [2.05, 4.69) is 191 Å². The molecule has 2 N–H and O–H groups in total. The number of halogens is 1. The van der Waals surface area contributed by atoms with Gasteiger partial charge < -0.3 is 10.6 Å². The van der Waals surface area contributed by atoms with Crippen molar-refractivity contribution in [3.05, 3.63) is 201 Å². The summed E-state index contributed by atoms with van der Waals surface area (Å²) in [6.45, 7) is 11.3. The minimum Gasteiger partial charge on any atom is -0.380 e. The van der Waals surface area contributed by atoms with Gasteiger partial charge in [-0.15, -0.1) is 0 Å². The van der Waals surface area contributed by atoms with Crippen LogP contribution in [0.25, 0.3) is 0 Å². The van der Waals surface area contributed by atoms with Gasteiger partial charge in [0.1, 0.15) is 0 Å². The van der Waals surface area contributed by atoms with Crippen molar-refractivity contribution in [2.75, 3.05) is 10.6 Å². The molecule has 6 aromatic rings. The maximum absolute atomic E-state index is 7.21. The summed E-state index contributed by atoms with van der Waals surface area (Å²) < 4.78 is 0. The molecule has 2 nitrogen and oxygen atoms in total. The van der Waals surface area contributed by atoms with Crippen LogP contribution in [0.5, 0.6) is 0 Å². The van der Waals surface area contributed by atoms with Gasteiger partial charge in [0, 0.05) is 40.3 Å². The average molecular weight is 677 g/mol. The summed E-state index contributed by atoms with van der Waals surface area (Å²) in [5.41, 5.74) is 13.7. The normalized spacial score (nSPS) is 12.6. The molecule has 254 valence electrons. The Morgan fingerprint density at radius 2 is 0.800 bits per heavy atom. The Bertz CT molecular complexity index is 1760. The topological polar surface area (TPSA) is 24.1 Å². The highest BCUT2D eigenvalue weighted by Crippen LogP contribution is 2.45. The van der Waals surface area contributed by atoms with Crippen LogP contribution in [0.1, 0.15) is 89.6 Å². The second-order valence-corrected chi connectivity index (χ2v) is 13.9. The van der Waals surface area contributed by atoms with E-state index in [4.69, 9.17) is 11.6 Å². The van der Waals surface area contributed by atoms with E-state index in [1.54, 1.807) is 0 Å². The summed E-state index contributed by atoms with van der Waals surface area (Å²) in [6, 6.07) is 52.5. The minimum atomic E-state index is -0.0319. The predicted octanol–water partition coefficient (Wildman–Crippen LogP) is 12.4. The van der Waals surface area contributed by atoms with E-state index in [-0.39, 0.29) is 23.9 Å². The van der Waals surface area contributed by atoms with Gasteiger partial charge in [-0.05, 0) is 90.3 Å². The number of rotatable bonds is 13. The molecular weight excluding hydrogens is 628 g/mol. The van der Waals surface area contributed by atoms with E-state index in [0.717, 1.165) is 23.6 Å². The largest absolute Gasteiger partial charge is 0.380 e. The number of nitrogens with one attached hydrogen (secondary N) is 2. The van der Waals surface area contributed by atoms with Crippen molar-refractivity contribution < 1.29 is 0 Å². The summed E-state index contributed by atoms with van der Waals surface area (Å²) in [7, 11) is 0. The van der Waals surface area contributed by atoms with Crippen molar-refractivity contribution in [2.24, 2.45) is 0 Å². The van der Waals surface area contributed by atoms with Gasteiger partial charge in [-0.3, -0.25) is 0 Å². The average Bonchev–Trinajstić information content (AvgIpc) is 3.15. The zero-order valence-electron chi connectivity index (χ0n) is 30.0. The zero-order chi connectivity index (χ0) is 35.0. The molecule has 0 spiro atoms. The van der Waals surface area contributed by atoms with Crippen LogP contribution in [0.2, 0.25) is 5.02 Å². The fourth-order valence-corrected chi connectivity index (χ4v) is 7.58. The van der Waals surface area contributed by atoms with E-state index in [1.807, 2.05) is 0 Å². The molecule has 0 aliphatic rings. The Kier molecular flexibility index (Phi) is 11.4. The fraction of sp³-hybridized carbons (Fsp3) is 0.234. The Morgan fingerprint density at radius 3 is 1.12 bits per heavy atom. The molecule has 0 bridgehead atoms. The van der Waals surface area contributed by atoms with Crippen molar-refractivity contribution in [1.29, 1.82) is 0 Å². The molecule has 3 heteroatoms. The van der Waals surface area contributed by atoms with Crippen LogP contribution in [0.4, 0.5) is 11.4 Å². The molecule has 0 aromatic heterocycles. The lowest BCUT2D eigenvalue weighted by Crippen LogP contribution is -2.36. The maximum atomic E-state index is 7.21. The van der Waals surface area contributed by atoms with E-state index in [1.165, 1.54) is 55.8 Å². The third kappa shape index (κ3) is 7.82. The first kappa shape index (κ1) is 35.1. The smallest absolute Gasteiger partial charge is 0.0432 e. The summed E-state index contributed by atoms with van der Waals surface area (Å²) in [4.78, 5) is 0. The van der Waals surface area contributed by atoms with E-state index >= 15 is 0 Å². The van der Waals surface area contributed by atoms with E-state index in [9.17, 15) is 0 Å². The number of anilines is 2. The molecule has 0 saturated carbocycles. The highest BCUT2D eigenvalue weighted by Gasteiger charge is 2.29. The highest BCUT2D eigenvalue weighted by molar-refractivity contribution is 6.30. The fourth-order valence-electron chi connectivity index (χ4n) is 7.35. The second-order valence-electron chi connectivity index (χ2n) is 13.5. The van der Waals surface area contributed by atoms with Crippen LogP contribution in [0.15, 0.2) is 146 Å². The van der Waals surface area contributed by atoms with Gasteiger partial charge in [0.05, 0.1) is 0 Å². The molecule has 0 saturated heterocycles. The first-order chi connectivity index (χ1) is 24.4. The first-order valence-electron chi connectivity index (χ1n) is 18.1. The van der Waals surface area contributed by atoms with Crippen molar-refractivity contribution in [1.82, 2.24) is 0 Å². The molecule has 6 rings (SSSR count). The SMILES string of the molecule is CCc1cc(C)cc(CC)c1NC(C)C(C)Nc1c(C(c2ccccc2)c2ccccc2)cc(Cl)cc1C(c1ccccc1)c1ccccc1. The lowest BCUT2D eigenvalue weighted by Gasteiger charge is -2.33. The van der Waals surface area contributed by atoms with Crippen molar-refractivity contribution in [3.63, 3.8) is 0 Å². The molecule has 0 radical (unpaired) electrons. The second kappa shape index (κ2) is 16.3. The van der Waals surface area contributed by atoms with Crippen molar-refractivity contribution >= 4 is 23.0 Å². The van der Waals surface area contributed by atoms with Crippen LogP contribution < -0.4 is 10.6 Å². The molecule has 6 aromatic carbocycles. The van der Waals surface area contributed by atoms with Crippen molar-refractivity contribution in [3.8, 4) is 0 Å². The van der Waals surface area contributed by atoms with Gasteiger partial charge in [0.15, 0.2) is 0 Å². The van der Waals surface area contributed by atoms with Crippen LogP contribution in [-0.2, 0) is 12.8 Å². The molecule has 50 heavy (non-hydrogen) atoms. The quantitative estimate of drug-likeness (QED) is 0.119. The van der Waals surface area contributed by atoms with E-state index < -0.39 is 0 Å². The molecule has 2 atom stereocenters. The third-order valence-electron chi connectivity index (χ3n) is 10.0. The Morgan fingerprint density at radius 1 is 0.480 bits per heavy atom. The summed E-state index contributed by atoms with van der Waals surface area (Å²) >= 11 is 7.21. The molecule has 0 heterocycles. The van der Waals surface area contributed by atoms with Crippen LogP contribution in [0, 0.1) is 6.92 Å².